The first-order chi connectivity index (χ1) is 11.1. The summed E-state index contributed by atoms with van der Waals surface area (Å²) in [4.78, 5) is 12.5. The van der Waals surface area contributed by atoms with Crippen molar-refractivity contribution < 1.29 is 14.6 Å². The quantitative estimate of drug-likeness (QED) is 0.710. The van der Waals surface area contributed by atoms with E-state index in [4.69, 9.17) is 4.74 Å². The van der Waals surface area contributed by atoms with Crippen molar-refractivity contribution in [3.05, 3.63) is 70.5 Å². The molecule has 0 aliphatic rings. The lowest BCUT2D eigenvalue weighted by Crippen LogP contribution is -2.01. The van der Waals surface area contributed by atoms with Crippen LogP contribution in [0.25, 0.3) is 5.69 Å². The van der Waals surface area contributed by atoms with Crippen LogP contribution in [0.2, 0.25) is 0 Å². The number of ether oxygens (including phenoxy) is 1. The van der Waals surface area contributed by atoms with E-state index in [2.05, 4.69) is 21.0 Å². The van der Waals surface area contributed by atoms with Crippen molar-refractivity contribution in [1.82, 2.24) is 9.78 Å². The first-order valence-electron chi connectivity index (χ1n) is 6.81. The Kier molecular flexibility index (Phi) is 4.16. The first kappa shape index (κ1) is 15.3. The number of nitrogens with zero attached hydrogens (tertiary/aromatic N) is 2. The molecule has 0 aliphatic heterocycles. The predicted octanol–water partition coefficient (Wildman–Crippen LogP) is 3.58. The molecule has 1 heterocycles. The van der Waals surface area contributed by atoms with E-state index < -0.39 is 0 Å². The van der Waals surface area contributed by atoms with Gasteiger partial charge in [-0.1, -0.05) is 15.9 Å². The number of hydrogen-bond acceptors (Lipinski definition) is 4. The van der Waals surface area contributed by atoms with E-state index in [1.807, 2.05) is 24.3 Å². The van der Waals surface area contributed by atoms with Crippen molar-refractivity contribution in [2.75, 3.05) is 7.11 Å². The number of rotatable bonds is 4. The number of benzene rings is 2. The third kappa shape index (κ3) is 3.12. The van der Waals surface area contributed by atoms with Crippen LogP contribution in [0.5, 0.6) is 11.5 Å². The minimum atomic E-state index is -0.288. The van der Waals surface area contributed by atoms with Gasteiger partial charge in [0.2, 0.25) is 0 Å². The molecule has 0 atom stereocenters. The van der Waals surface area contributed by atoms with Crippen LogP contribution in [0.15, 0.2) is 59.3 Å². The van der Waals surface area contributed by atoms with Crippen LogP contribution in [0.3, 0.4) is 0 Å². The number of phenolic OH excluding ortho intramolecular Hbond substituents is 1. The monoisotopic (exact) mass is 372 g/mol. The van der Waals surface area contributed by atoms with E-state index in [0.717, 1.165) is 15.9 Å². The molecule has 0 amide bonds. The second-order valence-corrected chi connectivity index (χ2v) is 5.78. The summed E-state index contributed by atoms with van der Waals surface area (Å²) in [6.45, 7) is 0. The van der Waals surface area contributed by atoms with E-state index in [1.54, 1.807) is 30.1 Å². The molecule has 0 aliphatic carbocycles. The van der Waals surface area contributed by atoms with Crippen LogP contribution in [0.1, 0.15) is 15.9 Å². The van der Waals surface area contributed by atoms with Gasteiger partial charge in [0.15, 0.2) is 5.78 Å². The Morgan fingerprint density at radius 1 is 1.22 bits per heavy atom. The van der Waals surface area contributed by atoms with E-state index in [1.165, 1.54) is 12.3 Å². The number of hydrogen-bond donors (Lipinski definition) is 1. The molecule has 0 spiro atoms. The van der Waals surface area contributed by atoms with Crippen molar-refractivity contribution in [3.63, 3.8) is 0 Å². The number of carbonyl (C=O) groups excluding carboxylic acids is 1. The molecule has 0 saturated carbocycles. The van der Waals surface area contributed by atoms with Gasteiger partial charge < -0.3 is 9.84 Å². The average Bonchev–Trinajstić information content (AvgIpc) is 3.06. The lowest BCUT2D eigenvalue weighted by Gasteiger charge is -2.04. The summed E-state index contributed by atoms with van der Waals surface area (Å²) >= 11 is 3.30. The molecule has 1 N–H and O–H groups in total. The summed E-state index contributed by atoms with van der Waals surface area (Å²) in [5.74, 6) is 0.398. The molecule has 3 rings (SSSR count). The van der Waals surface area contributed by atoms with Crippen molar-refractivity contribution in [3.8, 4) is 17.2 Å². The fourth-order valence-electron chi connectivity index (χ4n) is 2.16. The Morgan fingerprint density at radius 2 is 1.96 bits per heavy atom. The zero-order valence-electron chi connectivity index (χ0n) is 12.2. The second-order valence-electron chi connectivity index (χ2n) is 4.86. The smallest absolute Gasteiger partial charge is 0.199 e. The van der Waals surface area contributed by atoms with Gasteiger partial charge in [-0.25, -0.2) is 4.68 Å². The Balaban J connectivity index is 1.91. The van der Waals surface area contributed by atoms with Gasteiger partial charge in [-0.3, -0.25) is 4.79 Å². The molecule has 0 fully saturated rings. The SMILES string of the molecule is COc1ccc(-n2cc(C(=O)c3cc(Br)ccc3O)cn2)cc1. The molecule has 6 heteroatoms. The lowest BCUT2D eigenvalue weighted by molar-refractivity contribution is 0.103. The van der Waals surface area contributed by atoms with Gasteiger partial charge >= 0.3 is 0 Å². The van der Waals surface area contributed by atoms with E-state index in [-0.39, 0.29) is 17.1 Å². The topological polar surface area (TPSA) is 64.3 Å². The summed E-state index contributed by atoms with van der Waals surface area (Å²) in [5.41, 5.74) is 1.44. The number of methoxy groups -OCH3 is 1. The highest BCUT2D eigenvalue weighted by molar-refractivity contribution is 9.10. The van der Waals surface area contributed by atoms with Gasteiger partial charge in [0.1, 0.15) is 11.5 Å². The van der Waals surface area contributed by atoms with Crippen molar-refractivity contribution in [1.29, 1.82) is 0 Å². The third-order valence-corrected chi connectivity index (χ3v) is 3.88. The highest BCUT2D eigenvalue weighted by atomic mass is 79.9. The van der Waals surface area contributed by atoms with E-state index in [9.17, 15) is 9.90 Å². The van der Waals surface area contributed by atoms with Crippen LogP contribution in [0.4, 0.5) is 0 Å². The molecule has 1 aromatic heterocycles. The summed E-state index contributed by atoms with van der Waals surface area (Å²) in [6, 6.07) is 12.1. The molecule has 3 aromatic rings. The van der Waals surface area contributed by atoms with Crippen molar-refractivity contribution in [2.24, 2.45) is 0 Å². The Bertz CT molecular complexity index is 857. The van der Waals surface area contributed by atoms with Gasteiger partial charge in [-0.05, 0) is 42.5 Å². The highest BCUT2D eigenvalue weighted by Gasteiger charge is 2.16. The Hall–Kier alpha value is -2.60. The molecule has 0 bridgehead atoms. The van der Waals surface area contributed by atoms with Crippen LogP contribution in [-0.4, -0.2) is 27.8 Å². The van der Waals surface area contributed by atoms with Crippen LogP contribution in [-0.2, 0) is 0 Å². The molecule has 0 unspecified atom stereocenters. The third-order valence-electron chi connectivity index (χ3n) is 3.38. The van der Waals surface area contributed by atoms with E-state index in [0.29, 0.717) is 5.56 Å². The second kappa shape index (κ2) is 6.26. The molecular formula is C17H13BrN2O3. The molecule has 116 valence electrons. The van der Waals surface area contributed by atoms with Crippen molar-refractivity contribution >= 4 is 21.7 Å². The zero-order valence-corrected chi connectivity index (χ0v) is 13.8. The Labute approximate surface area is 141 Å². The summed E-state index contributed by atoms with van der Waals surface area (Å²) < 4.78 is 7.44. The Morgan fingerprint density at radius 3 is 2.65 bits per heavy atom. The van der Waals surface area contributed by atoms with Crippen molar-refractivity contribution in [2.45, 2.75) is 0 Å². The van der Waals surface area contributed by atoms with Gasteiger partial charge in [-0.2, -0.15) is 5.10 Å². The number of aromatic nitrogens is 2. The van der Waals surface area contributed by atoms with Gasteiger partial charge in [-0.15, -0.1) is 0 Å². The number of ketones is 1. The summed E-state index contributed by atoms with van der Waals surface area (Å²) in [5, 5.41) is 14.1. The van der Waals surface area contributed by atoms with Gasteiger partial charge in [0.25, 0.3) is 0 Å². The minimum absolute atomic E-state index is 0.0598. The zero-order chi connectivity index (χ0) is 16.4. The molecular weight excluding hydrogens is 360 g/mol. The van der Waals surface area contributed by atoms with Gasteiger partial charge in [0.05, 0.1) is 30.1 Å². The summed E-state index contributed by atoms with van der Waals surface area (Å²) in [6.07, 6.45) is 3.11. The van der Waals surface area contributed by atoms with Gasteiger partial charge in [0, 0.05) is 10.7 Å². The fourth-order valence-corrected chi connectivity index (χ4v) is 2.52. The van der Waals surface area contributed by atoms with Crippen LogP contribution in [0, 0.1) is 0 Å². The number of aromatic hydroxyl groups is 1. The van der Waals surface area contributed by atoms with E-state index >= 15 is 0 Å². The maximum absolute atomic E-state index is 12.5. The maximum Gasteiger partial charge on any atom is 0.199 e. The summed E-state index contributed by atoms with van der Waals surface area (Å²) in [7, 11) is 1.60. The molecule has 0 saturated heterocycles. The number of carbonyl (C=O) groups is 1. The van der Waals surface area contributed by atoms with Crippen LogP contribution < -0.4 is 4.74 Å². The average molecular weight is 373 g/mol. The largest absolute Gasteiger partial charge is 0.507 e. The highest BCUT2D eigenvalue weighted by Crippen LogP contribution is 2.25. The molecule has 5 nitrogen and oxygen atoms in total. The molecule has 23 heavy (non-hydrogen) atoms. The van der Waals surface area contributed by atoms with Crippen LogP contribution >= 0.6 is 15.9 Å². The first-order valence-corrected chi connectivity index (χ1v) is 7.60. The predicted molar refractivity (Wildman–Crippen MR) is 89.4 cm³/mol. The molecule has 0 radical (unpaired) electrons. The fraction of sp³-hybridized carbons (Fsp3) is 0.0588. The number of halogens is 1. The molecule has 2 aromatic carbocycles. The lowest BCUT2D eigenvalue weighted by atomic mass is 10.1. The number of phenols is 1. The maximum atomic E-state index is 12.5. The standard InChI is InChI=1S/C17H13BrN2O3/c1-23-14-5-3-13(4-6-14)20-10-11(9-19-20)17(22)15-8-12(18)2-7-16(15)21/h2-10,21H,1H3. The minimum Gasteiger partial charge on any atom is -0.507 e. The normalized spacial score (nSPS) is 10.5.